The maximum Gasteiger partial charge on any atom is 0.277 e. The van der Waals surface area contributed by atoms with Crippen molar-refractivity contribution in [2.24, 2.45) is 0 Å². The molecule has 0 unspecified atom stereocenters. The van der Waals surface area contributed by atoms with Crippen molar-refractivity contribution in [3.05, 3.63) is 56.0 Å². The molecule has 2 aromatic heterocycles. The molecule has 0 aliphatic carbocycles. The van der Waals surface area contributed by atoms with Crippen LogP contribution in [0.4, 0.5) is 5.69 Å². The minimum Gasteiger partial charge on any atom is -0.497 e. The fourth-order valence-corrected chi connectivity index (χ4v) is 3.24. The highest BCUT2D eigenvalue weighted by molar-refractivity contribution is 9.13. The lowest BCUT2D eigenvalue weighted by molar-refractivity contribution is 0.102. The number of aromatic nitrogens is 4. The van der Waals surface area contributed by atoms with Crippen LogP contribution in [0.1, 0.15) is 27.4 Å². The number of ether oxygens (including phenoxy) is 1. The number of aryl methyl sites for hydroxylation is 1. The van der Waals surface area contributed by atoms with Crippen LogP contribution in [-0.2, 0) is 6.54 Å². The van der Waals surface area contributed by atoms with Gasteiger partial charge in [-0.3, -0.25) is 14.6 Å². The molecule has 2 N–H and O–H groups in total. The van der Waals surface area contributed by atoms with Crippen molar-refractivity contribution in [1.82, 2.24) is 20.0 Å². The van der Waals surface area contributed by atoms with Crippen LogP contribution in [0.2, 0.25) is 0 Å². The van der Waals surface area contributed by atoms with Gasteiger partial charge in [-0.2, -0.15) is 10.2 Å². The Kier molecular flexibility index (Phi) is 5.47. The summed E-state index contributed by atoms with van der Waals surface area (Å²) < 4.78 is 8.31. The summed E-state index contributed by atoms with van der Waals surface area (Å²) in [5.74, 6) is 0.484. The van der Waals surface area contributed by atoms with Crippen LogP contribution in [-0.4, -0.2) is 33.0 Å². The Morgan fingerprint density at radius 2 is 2.12 bits per heavy atom. The third-order valence-electron chi connectivity index (χ3n) is 3.97. The Morgan fingerprint density at radius 3 is 2.77 bits per heavy atom. The van der Waals surface area contributed by atoms with Gasteiger partial charge in [0.2, 0.25) is 0 Å². The lowest BCUT2D eigenvalue weighted by atomic mass is 10.2. The number of rotatable bonds is 5. The molecule has 2 heterocycles. The number of anilines is 1. The average molecular weight is 483 g/mol. The van der Waals surface area contributed by atoms with Gasteiger partial charge in [0.05, 0.1) is 35.2 Å². The highest BCUT2D eigenvalue weighted by Crippen LogP contribution is 2.26. The van der Waals surface area contributed by atoms with Crippen molar-refractivity contribution in [3.63, 3.8) is 0 Å². The molecule has 0 radical (unpaired) electrons. The minimum absolute atomic E-state index is 0.274. The zero-order valence-corrected chi connectivity index (χ0v) is 17.6. The maximum absolute atomic E-state index is 12.5. The van der Waals surface area contributed by atoms with Gasteiger partial charge >= 0.3 is 0 Å². The molecule has 26 heavy (non-hydrogen) atoms. The molecule has 3 rings (SSSR count). The van der Waals surface area contributed by atoms with E-state index in [1.54, 1.807) is 7.11 Å². The molecule has 9 heteroatoms. The summed E-state index contributed by atoms with van der Waals surface area (Å²) in [6.45, 7) is 4.36. The molecule has 0 spiro atoms. The fourth-order valence-electron chi connectivity index (χ4n) is 2.61. The largest absolute Gasteiger partial charge is 0.497 e. The van der Waals surface area contributed by atoms with Crippen LogP contribution in [0.25, 0.3) is 0 Å². The van der Waals surface area contributed by atoms with E-state index in [0.29, 0.717) is 21.3 Å². The van der Waals surface area contributed by atoms with E-state index in [9.17, 15) is 4.79 Å². The molecule has 1 aromatic carbocycles. The Balaban J connectivity index is 1.83. The second-order valence-electron chi connectivity index (χ2n) is 5.71. The monoisotopic (exact) mass is 481 g/mol. The molecule has 0 aliphatic rings. The Hall–Kier alpha value is -2.13. The van der Waals surface area contributed by atoms with Gasteiger partial charge in [-0.05, 0) is 63.4 Å². The third kappa shape index (κ3) is 3.68. The van der Waals surface area contributed by atoms with E-state index < -0.39 is 0 Å². The van der Waals surface area contributed by atoms with Gasteiger partial charge in [0.15, 0.2) is 5.69 Å². The van der Waals surface area contributed by atoms with Crippen molar-refractivity contribution in [1.29, 1.82) is 0 Å². The van der Waals surface area contributed by atoms with Crippen LogP contribution in [0.15, 0.2) is 33.3 Å². The number of carbonyl (C=O) groups is 1. The zero-order valence-electron chi connectivity index (χ0n) is 14.4. The minimum atomic E-state index is -0.314. The predicted octanol–water partition coefficient (Wildman–Crippen LogP) is 4.06. The second-order valence-corrected chi connectivity index (χ2v) is 7.30. The number of carbonyl (C=O) groups excluding carboxylic acids is 1. The van der Waals surface area contributed by atoms with Crippen molar-refractivity contribution < 1.29 is 9.53 Å². The molecule has 0 bridgehead atoms. The number of halogens is 2. The normalized spacial score (nSPS) is 10.8. The molecular formula is C17H17Br2N5O2. The van der Waals surface area contributed by atoms with E-state index in [-0.39, 0.29) is 11.6 Å². The summed E-state index contributed by atoms with van der Waals surface area (Å²) >= 11 is 6.61. The number of nitrogens with one attached hydrogen (secondary N) is 2. The topological polar surface area (TPSA) is 84.8 Å². The summed E-state index contributed by atoms with van der Waals surface area (Å²) in [5, 5.41) is 14.1. The van der Waals surface area contributed by atoms with E-state index in [1.165, 1.54) is 0 Å². The number of aromatic amines is 1. The molecule has 0 fully saturated rings. The van der Waals surface area contributed by atoms with Gasteiger partial charge in [0, 0.05) is 0 Å². The van der Waals surface area contributed by atoms with Crippen LogP contribution in [0.5, 0.6) is 5.75 Å². The van der Waals surface area contributed by atoms with E-state index in [1.807, 2.05) is 42.8 Å². The maximum atomic E-state index is 12.5. The number of methoxy groups -OCH3 is 1. The Labute approximate surface area is 167 Å². The first kappa shape index (κ1) is 18.7. The molecule has 0 aliphatic heterocycles. The van der Waals surface area contributed by atoms with Gasteiger partial charge in [0.25, 0.3) is 5.91 Å². The van der Waals surface area contributed by atoms with E-state index in [4.69, 9.17) is 4.74 Å². The predicted molar refractivity (Wildman–Crippen MR) is 106 cm³/mol. The Morgan fingerprint density at radius 1 is 1.35 bits per heavy atom. The first-order valence-electron chi connectivity index (χ1n) is 7.78. The van der Waals surface area contributed by atoms with E-state index >= 15 is 0 Å². The summed E-state index contributed by atoms with van der Waals surface area (Å²) in [5.41, 5.74) is 3.63. The second kappa shape index (κ2) is 7.63. The van der Waals surface area contributed by atoms with Crippen molar-refractivity contribution in [3.8, 4) is 5.75 Å². The summed E-state index contributed by atoms with van der Waals surface area (Å²) in [6.07, 6.45) is 0. The van der Waals surface area contributed by atoms with Gasteiger partial charge in [0.1, 0.15) is 10.4 Å². The first-order chi connectivity index (χ1) is 12.4. The highest BCUT2D eigenvalue weighted by Gasteiger charge is 2.20. The average Bonchev–Trinajstić information content (AvgIpc) is 3.09. The molecule has 7 nitrogen and oxygen atoms in total. The van der Waals surface area contributed by atoms with Crippen molar-refractivity contribution >= 4 is 43.5 Å². The third-order valence-corrected chi connectivity index (χ3v) is 5.85. The SMILES string of the molecule is COc1cccc(Cn2nc(C)c(NC(=O)c3n[nH]c(Br)c3Br)c2C)c1. The quantitative estimate of drug-likeness (QED) is 0.574. The zero-order chi connectivity index (χ0) is 18.8. The number of hydrogen-bond donors (Lipinski definition) is 2. The van der Waals surface area contributed by atoms with Crippen molar-refractivity contribution in [2.75, 3.05) is 12.4 Å². The van der Waals surface area contributed by atoms with E-state index in [2.05, 4.69) is 52.5 Å². The fraction of sp³-hybridized carbons (Fsp3) is 0.235. The van der Waals surface area contributed by atoms with E-state index in [0.717, 1.165) is 22.7 Å². The molecule has 0 atom stereocenters. The van der Waals surface area contributed by atoms with Crippen LogP contribution >= 0.6 is 31.9 Å². The number of nitrogens with zero attached hydrogens (tertiary/aromatic N) is 3. The smallest absolute Gasteiger partial charge is 0.277 e. The van der Waals surface area contributed by atoms with Crippen LogP contribution in [0.3, 0.4) is 0 Å². The molecule has 136 valence electrons. The van der Waals surface area contributed by atoms with Crippen LogP contribution in [0, 0.1) is 13.8 Å². The summed E-state index contributed by atoms with van der Waals surface area (Å²) in [4.78, 5) is 12.5. The summed E-state index contributed by atoms with van der Waals surface area (Å²) in [7, 11) is 1.64. The number of hydrogen-bond acceptors (Lipinski definition) is 4. The molecular weight excluding hydrogens is 466 g/mol. The number of H-pyrrole nitrogens is 1. The first-order valence-corrected chi connectivity index (χ1v) is 9.37. The van der Waals surface area contributed by atoms with Gasteiger partial charge in [-0.15, -0.1) is 0 Å². The van der Waals surface area contributed by atoms with Crippen LogP contribution < -0.4 is 10.1 Å². The van der Waals surface area contributed by atoms with Gasteiger partial charge in [-0.25, -0.2) is 0 Å². The van der Waals surface area contributed by atoms with Gasteiger partial charge in [-0.1, -0.05) is 12.1 Å². The Bertz CT molecular complexity index is 964. The lowest BCUT2D eigenvalue weighted by Crippen LogP contribution is -2.14. The molecule has 3 aromatic rings. The highest BCUT2D eigenvalue weighted by atomic mass is 79.9. The number of amides is 1. The number of benzene rings is 1. The lowest BCUT2D eigenvalue weighted by Gasteiger charge is -2.08. The molecule has 0 saturated carbocycles. The summed E-state index contributed by atoms with van der Waals surface area (Å²) in [6, 6.07) is 7.81. The standard InChI is InChI=1S/C17H17Br2N5O2/c1-9-14(20-17(25)15-13(18)16(19)22-21-15)10(2)24(23-9)8-11-5-4-6-12(7-11)26-3/h4-7H,8H2,1-3H3,(H,20,25)(H,21,22). The molecule has 1 amide bonds. The van der Waals surface area contributed by atoms with Gasteiger partial charge < -0.3 is 10.1 Å². The van der Waals surface area contributed by atoms with Crippen molar-refractivity contribution in [2.45, 2.75) is 20.4 Å². The molecule has 0 saturated heterocycles.